The maximum Gasteiger partial charge on any atom is 0.275 e. The van der Waals surface area contributed by atoms with Crippen LogP contribution in [-0.2, 0) is 0 Å². The number of nitro benzene ring substituents is 1. The largest absolute Gasteiger partial charge is 0.497 e. The SMILES string of the molecule is CNNC(=O)c1cccccccs1.COc1cccc([N+](=O)[O-])c1. The molecule has 0 bridgehead atoms. The van der Waals surface area contributed by atoms with Gasteiger partial charge >= 0.3 is 0 Å². The first-order valence-corrected chi connectivity index (χ1v) is 8.08. The number of nitrogens with zero attached hydrogens (tertiary/aromatic N) is 1. The molecule has 1 aromatic carbocycles. The van der Waals surface area contributed by atoms with Gasteiger partial charge in [0.25, 0.3) is 11.6 Å². The van der Waals surface area contributed by atoms with E-state index in [9.17, 15) is 14.9 Å². The lowest BCUT2D eigenvalue weighted by molar-refractivity contribution is -0.384. The smallest absolute Gasteiger partial charge is 0.275 e. The molecule has 7 nitrogen and oxygen atoms in total. The Balaban J connectivity index is 0.000000257. The van der Waals surface area contributed by atoms with Crippen LogP contribution in [0.25, 0.3) is 0 Å². The number of benzene rings is 1. The molecular formula is C17H19N3O4S. The molecule has 0 aliphatic carbocycles. The zero-order valence-corrected chi connectivity index (χ0v) is 14.7. The van der Waals surface area contributed by atoms with Crippen molar-refractivity contribution in [1.29, 1.82) is 0 Å². The van der Waals surface area contributed by atoms with E-state index < -0.39 is 4.92 Å². The summed E-state index contributed by atoms with van der Waals surface area (Å²) in [5, 5.41) is 12.1. The van der Waals surface area contributed by atoms with Crippen LogP contribution >= 0.6 is 11.3 Å². The molecule has 8 heteroatoms. The minimum absolute atomic E-state index is 0.0457. The number of carbonyl (C=O) groups is 1. The number of non-ortho nitro benzene ring substituents is 1. The molecule has 2 N–H and O–H groups in total. The second-order valence-corrected chi connectivity index (χ2v) is 5.36. The third-order valence-corrected chi connectivity index (χ3v) is 3.56. The van der Waals surface area contributed by atoms with E-state index in [4.69, 9.17) is 4.74 Å². The van der Waals surface area contributed by atoms with Crippen LogP contribution in [0, 0.1) is 10.1 Å². The van der Waals surface area contributed by atoms with Gasteiger partial charge in [-0.25, -0.2) is 5.43 Å². The number of rotatable bonds is 4. The summed E-state index contributed by atoms with van der Waals surface area (Å²) < 4.78 is 4.80. The molecule has 132 valence electrons. The number of carbonyl (C=O) groups excluding carboxylic acids is 1. The second-order valence-electron chi connectivity index (χ2n) is 4.41. The summed E-state index contributed by atoms with van der Waals surface area (Å²) in [7, 11) is 3.13. The van der Waals surface area contributed by atoms with Gasteiger partial charge in [0.15, 0.2) is 0 Å². The molecule has 1 aromatic heterocycles. The standard InChI is InChI=1S/C10H12N2OS.C7H7NO3/c1-11-12-10(13)9-7-5-3-2-4-6-8-14-9;1-11-7-4-2-3-6(5-7)8(9)10/h2-8,11H,1H3,(H,12,13);2-5H,1H3. The predicted octanol–water partition coefficient (Wildman–Crippen LogP) is 3.34. The molecule has 0 spiro atoms. The minimum Gasteiger partial charge on any atom is -0.497 e. The zero-order chi connectivity index (χ0) is 18.5. The van der Waals surface area contributed by atoms with Gasteiger partial charge in [-0.15, -0.1) is 11.3 Å². The number of hydrogen-bond donors (Lipinski definition) is 2. The zero-order valence-electron chi connectivity index (χ0n) is 13.8. The van der Waals surface area contributed by atoms with E-state index in [1.165, 1.54) is 30.6 Å². The van der Waals surface area contributed by atoms with Crippen molar-refractivity contribution < 1.29 is 14.5 Å². The van der Waals surface area contributed by atoms with Gasteiger partial charge in [-0.2, -0.15) is 0 Å². The van der Waals surface area contributed by atoms with Crippen LogP contribution in [0.2, 0.25) is 0 Å². The Morgan fingerprint density at radius 1 is 1.12 bits per heavy atom. The van der Waals surface area contributed by atoms with Crippen molar-refractivity contribution >= 4 is 22.9 Å². The molecule has 0 fully saturated rings. The minimum atomic E-state index is -0.456. The van der Waals surface area contributed by atoms with Crippen LogP contribution in [-0.4, -0.2) is 25.0 Å². The normalized spacial score (nSPS) is 9.04. The third kappa shape index (κ3) is 7.91. The highest BCUT2D eigenvalue weighted by Crippen LogP contribution is 2.17. The lowest BCUT2D eigenvalue weighted by atomic mass is 10.3. The Morgan fingerprint density at radius 3 is 2.52 bits per heavy atom. The van der Waals surface area contributed by atoms with Crippen molar-refractivity contribution in [3.8, 4) is 5.75 Å². The number of hydrazine groups is 1. The Kier molecular flexibility index (Phi) is 9.27. The average molecular weight is 361 g/mol. The lowest BCUT2D eigenvalue weighted by Crippen LogP contribution is -2.33. The molecule has 0 unspecified atom stereocenters. The highest BCUT2D eigenvalue weighted by atomic mass is 32.1. The van der Waals surface area contributed by atoms with E-state index in [-0.39, 0.29) is 11.6 Å². The molecule has 0 saturated heterocycles. The van der Waals surface area contributed by atoms with Crippen molar-refractivity contribution in [2.24, 2.45) is 0 Å². The Labute approximate surface area is 149 Å². The molecule has 2 aromatic rings. The van der Waals surface area contributed by atoms with Crippen LogP contribution in [0.5, 0.6) is 5.75 Å². The van der Waals surface area contributed by atoms with Gasteiger partial charge in [-0.3, -0.25) is 20.3 Å². The monoisotopic (exact) mass is 361 g/mol. The first kappa shape index (κ1) is 20.1. The first-order chi connectivity index (χ1) is 12.1. The van der Waals surface area contributed by atoms with E-state index in [0.29, 0.717) is 10.6 Å². The number of hydrogen-bond acceptors (Lipinski definition) is 6. The molecule has 1 heterocycles. The van der Waals surface area contributed by atoms with E-state index in [0.717, 1.165) is 0 Å². The lowest BCUT2D eigenvalue weighted by Gasteiger charge is -1.98. The highest BCUT2D eigenvalue weighted by Gasteiger charge is 2.04. The van der Waals surface area contributed by atoms with Crippen molar-refractivity contribution in [2.45, 2.75) is 0 Å². The van der Waals surface area contributed by atoms with E-state index in [2.05, 4.69) is 10.9 Å². The van der Waals surface area contributed by atoms with Gasteiger partial charge < -0.3 is 4.74 Å². The van der Waals surface area contributed by atoms with Crippen LogP contribution in [0.4, 0.5) is 5.69 Å². The third-order valence-electron chi connectivity index (χ3n) is 2.69. The maximum atomic E-state index is 11.4. The quantitative estimate of drug-likeness (QED) is 0.643. The molecular weight excluding hydrogens is 342 g/mol. The van der Waals surface area contributed by atoms with Crippen molar-refractivity contribution in [1.82, 2.24) is 10.9 Å². The topological polar surface area (TPSA) is 93.5 Å². The number of nitro groups is 1. The number of ether oxygens (including phenoxy) is 1. The molecule has 0 radical (unpaired) electrons. The highest BCUT2D eigenvalue weighted by molar-refractivity contribution is 7.11. The van der Waals surface area contributed by atoms with Crippen LogP contribution in [0.1, 0.15) is 9.67 Å². The fraction of sp³-hybridized carbons (Fsp3) is 0.118. The Hall–Kier alpha value is -2.97. The summed E-state index contributed by atoms with van der Waals surface area (Å²) in [5.74, 6) is 0.368. The first-order valence-electron chi connectivity index (χ1n) is 7.21. The van der Waals surface area contributed by atoms with Crippen LogP contribution in [0.15, 0.2) is 66.0 Å². The summed E-state index contributed by atoms with van der Waals surface area (Å²) >= 11 is 1.38. The summed E-state index contributed by atoms with van der Waals surface area (Å²) in [6.07, 6.45) is 0. The summed E-state index contributed by atoms with van der Waals surface area (Å²) in [5.41, 5.74) is 5.16. The molecule has 0 aliphatic rings. The van der Waals surface area contributed by atoms with Gasteiger partial charge in [0, 0.05) is 13.1 Å². The molecule has 1 amide bonds. The van der Waals surface area contributed by atoms with Gasteiger partial charge in [-0.1, -0.05) is 36.4 Å². The molecule has 0 aliphatic heterocycles. The maximum absolute atomic E-state index is 11.4. The molecule has 25 heavy (non-hydrogen) atoms. The second kappa shape index (κ2) is 11.5. The fourth-order valence-electron chi connectivity index (χ4n) is 1.56. The molecule has 0 atom stereocenters. The number of nitrogens with one attached hydrogen (secondary N) is 2. The van der Waals surface area contributed by atoms with Crippen molar-refractivity contribution in [3.05, 3.63) is 81.0 Å². The van der Waals surface area contributed by atoms with Crippen LogP contribution in [0.3, 0.4) is 0 Å². The molecule has 2 rings (SSSR count). The van der Waals surface area contributed by atoms with E-state index in [1.54, 1.807) is 25.2 Å². The van der Waals surface area contributed by atoms with Gasteiger partial charge in [0.2, 0.25) is 0 Å². The van der Waals surface area contributed by atoms with Crippen LogP contribution < -0.4 is 15.6 Å². The summed E-state index contributed by atoms with van der Waals surface area (Å²) in [6, 6.07) is 17.2. The fourth-order valence-corrected chi connectivity index (χ4v) is 2.19. The van der Waals surface area contributed by atoms with E-state index >= 15 is 0 Å². The Morgan fingerprint density at radius 2 is 1.84 bits per heavy atom. The molecule has 0 saturated carbocycles. The predicted molar refractivity (Wildman–Crippen MR) is 98.1 cm³/mol. The number of methoxy groups -OCH3 is 1. The van der Waals surface area contributed by atoms with Crippen molar-refractivity contribution in [3.63, 3.8) is 0 Å². The Bertz CT molecular complexity index is 724. The van der Waals surface area contributed by atoms with Gasteiger partial charge in [0.05, 0.1) is 23.0 Å². The van der Waals surface area contributed by atoms with E-state index in [1.807, 2.05) is 35.7 Å². The number of amides is 1. The van der Waals surface area contributed by atoms with Gasteiger partial charge in [-0.05, 0) is 17.5 Å². The average Bonchev–Trinajstić information content (AvgIpc) is 2.76. The van der Waals surface area contributed by atoms with Crippen molar-refractivity contribution in [2.75, 3.05) is 14.2 Å². The van der Waals surface area contributed by atoms with Gasteiger partial charge in [0.1, 0.15) is 5.75 Å². The summed E-state index contributed by atoms with van der Waals surface area (Å²) in [6.45, 7) is 0. The summed E-state index contributed by atoms with van der Waals surface area (Å²) in [4.78, 5) is 21.8.